The normalized spacial score (nSPS) is 20.1. The Morgan fingerprint density at radius 2 is 2.17 bits per heavy atom. The number of nitrogens with one attached hydrogen (secondary N) is 1. The molecular weight excluding hydrogens is 313 g/mol. The second-order valence-corrected chi connectivity index (χ2v) is 6.08. The molecule has 1 aliphatic rings. The minimum absolute atomic E-state index is 0.152. The molecule has 130 valence electrons. The molecule has 0 aromatic carbocycles. The SMILES string of the molecule is CC(C)c1cc(NC(=O)N2CCN(CC(F)(F)F)C(C)C2)no1. The number of amides is 2. The number of hydrogen-bond donors (Lipinski definition) is 1. The predicted molar refractivity (Wildman–Crippen MR) is 78.3 cm³/mol. The topological polar surface area (TPSA) is 61.6 Å². The first kappa shape index (κ1) is 17.6. The van der Waals surface area contributed by atoms with E-state index in [9.17, 15) is 18.0 Å². The average Bonchev–Trinajstić information content (AvgIpc) is 2.88. The Kier molecular flexibility index (Phi) is 5.18. The third-order valence-corrected chi connectivity index (χ3v) is 3.77. The maximum Gasteiger partial charge on any atom is 0.401 e. The molecule has 0 aliphatic carbocycles. The lowest BCUT2D eigenvalue weighted by Crippen LogP contribution is -2.56. The number of anilines is 1. The highest BCUT2D eigenvalue weighted by Gasteiger charge is 2.36. The second kappa shape index (κ2) is 6.77. The number of hydrogen-bond acceptors (Lipinski definition) is 4. The van der Waals surface area contributed by atoms with Crippen LogP contribution in [0.2, 0.25) is 0 Å². The van der Waals surface area contributed by atoms with Crippen LogP contribution in [0.4, 0.5) is 23.8 Å². The molecule has 0 radical (unpaired) electrons. The number of halogens is 3. The molecule has 0 spiro atoms. The molecule has 1 aromatic rings. The van der Waals surface area contributed by atoms with E-state index in [1.54, 1.807) is 13.0 Å². The molecule has 1 unspecified atom stereocenters. The van der Waals surface area contributed by atoms with E-state index < -0.39 is 12.7 Å². The van der Waals surface area contributed by atoms with Crippen LogP contribution in [0.15, 0.2) is 10.6 Å². The molecule has 1 N–H and O–H groups in total. The lowest BCUT2D eigenvalue weighted by atomic mass is 10.2. The van der Waals surface area contributed by atoms with E-state index in [-0.39, 0.29) is 37.6 Å². The van der Waals surface area contributed by atoms with Crippen molar-refractivity contribution < 1.29 is 22.5 Å². The van der Waals surface area contributed by atoms with Gasteiger partial charge in [0, 0.05) is 37.7 Å². The molecule has 6 nitrogen and oxygen atoms in total. The van der Waals surface area contributed by atoms with E-state index in [0.717, 1.165) is 0 Å². The number of aromatic nitrogens is 1. The van der Waals surface area contributed by atoms with Gasteiger partial charge in [0.2, 0.25) is 0 Å². The van der Waals surface area contributed by atoms with Crippen molar-refractivity contribution in [2.75, 3.05) is 31.5 Å². The quantitative estimate of drug-likeness (QED) is 0.923. The highest BCUT2D eigenvalue weighted by atomic mass is 19.4. The first-order valence-corrected chi connectivity index (χ1v) is 7.49. The smallest absolute Gasteiger partial charge is 0.359 e. The Labute approximate surface area is 132 Å². The summed E-state index contributed by atoms with van der Waals surface area (Å²) >= 11 is 0. The fourth-order valence-electron chi connectivity index (χ4n) is 2.45. The van der Waals surface area contributed by atoms with E-state index in [4.69, 9.17) is 4.52 Å². The first-order chi connectivity index (χ1) is 10.7. The first-order valence-electron chi connectivity index (χ1n) is 7.49. The van der Waals surface area contributed by atoms with Crippen molar-refractivity contribution in [1.82, 2.24) is 15.0 Å². The number of carbonyl (C=O) groups excluding carboxylic acids is 1. The summed E-state index contributed by atoms with van der Waals surface area (Å²) in [5.41, 5.74) is 0. The minimum Gasteiger partial charge on any atom is -0.359 e. The molecule has 2 heterocycles. The largest absolute Gasteiger partial charge is 0.401 e. The Bertz CT molecular complexity index is 544. The summed E-state index contributed by atoms with van der Waals surface area (Å²) in [7, 11) is 0. The number of piperazine rings is 1. The molecule has 2 amide bonds. The van der Waals surface area contributed by atoms with E-state index in [1.165, 1.54) is 9.80 Å². The van der Waals surface area contributed by atoms with Gasteiger partial charge in [0.25, 0.3) is 0 Å². The van der Waals surface area contributed by atoms with Gasteiger partial charge < -0.3 is 9.42 Å². The van der Waals surface area contributed by atoms with Gasteiger partial charge in [0.05, 0.1) is 6.54 Å². The van der Waals surface area contributed by atoms with Crippen LogP contribution in [0, 0.1) is 0 Å². The summed E-state index contributed by atoms with van der Waals surface area (Å²) in [6.07, 6.45) is -4.23. The molecule has 9 heteroatoms. The number of nitrogens with zero attached hydrogens (tertiary/aromatic N) is 3. The Balaban J connectivity index is 1.89. The van der Waals surface area contributed by atoms with Crippen molar-refractivity contribution in [3.63, 3.8) is 0 Å². The van der Waals surface area contributed by atoms with Crippen molar-refractivity contribution in [3.8, 4) is 0 Å². The maximum atomic E-state index is 12.5. The third-order valence-electron chi connectivity index (χ3n) is 3.77. The van der Waals surface area contributed by atoms with Gasteiger partial charge in [0.1, 0.15) is 5.76 Å². The van der Waals surface area contributed by atoms with Gasteiger partial charge in [-0.15, -0.1) is 0 Å². The van der Waals surface area contributed by atoms with E-state index >= 15 is 0 Å². The monoisotopic (exact) mass is 334 g/mol. The van der Waals surface area contributed by atoms with Crippen LogP contribution < -0.4 is 5.32 Å². The summed E-state index contributed by atoms with van der Waals surface area (Å²) in [5, 5.41) is 6.37. The molecule has 1 atom stereocenters. The van der Waals surface area contributed by atoms with Crippen molar-refractivity contribution in [3.05, 3.63) is 11.8 Å². The van der Waals surface area contributed by atoms with Crippen LogP contribution in [-0.2, 0) is 0 Å². The average molecular weight is 334 g/mol. The number of urea groups is 1. The summed E-state index contributed by atoms with van der Waals surface area (Å²) in [5.74, 6) is 1.12. The van der Waals surface area contributed by atoms with Gasteiger partial charge in [-0.05, 0) is 6.92 Å². The highest BCUT2D eigenvalue weighted by Crippen LogP contribution is 2.21. The zero-order valence-corrected chi connectivity index (χ0v) is 13.4. The zero-order chi connectivity index (χ0) is 17.2. The molecule has 23 heavy (non-hydrogen) atoms. The molecule has 0 bridgehead atoms. The minimum atomic E-state index is -4.23. The third kappa shape index (κ3) is 4.85. The Hall–Kier alpha value is -1.77. The molecule has 1 fully saturated rings. The van der Waals surface area contributed by atoms with Gasteiger partial charge in [-0.1, -0.05) is 19.0 Å². The van der Waals surface area contributed by atoms with Crippen LogP contribution in [0.5, 0.6) is 0 Å². The molecule has 1 aliphatic heterocycles. The number of alkyl halides is 3. The Morgan fingerprint density at radius 1 is 1.48 bits per heavy atom. The lowest BCUT2D eigenvalue weighted by Gasteiger charge is -2.39. The van der Waals surface area contributed by atoms with Crippen LogP contribution >= 0.6 is 0 Å². The van der Waals surface area contributed by atoms with Gasteiger partial charge in [0.15, 0.2) is 5.82 Å². The van der Waals surface area contributed by atoms with E-state index in [1.807, 2.05) is 13.8 Å². The molecule has 2 rings (SSSR count). The maximum absolute atomic E-state index is 12.5. The summed E-state index contributed by atoms with van der Waals surface area (Å²) in [4.78, 5) is 15.0. The van der Waals surface area contributed by atoms with Crippen LogP contribution in [0.1, 0.15) is 32.4 Å². The van der Waals surface area contributed by atoms with Crippen LogP contribution in [-0.4, -0.2) is 59.4 Å². The van der Waals surface area contributed by atoms with Crippen LogP contribution in [0.3, 0.4) is 0 Å². The van der Waals surface area contributed by atoms with E-state index in [2.05, 4.69) is 10.5 Å². The standard InChI is InChI=1S/C14H21F3N4O2/c1-9(2)11-6-12(19-23-11)18-13(22)20-4-5-21(10(3)7-20)8-14(15,16)17/h6,9-10H,4-5,7-8H2,1-3H3,(H,18,19,22). The fourth-order valence-corrected chi connectivity index (χ4v) is 2.45. The van der Waals surface area contributed by atoms with Gasteiger partial charge in [-0.25, -0.2) is 4.79 Å². The summed E-state index contributed by atoms with van der Waals surface area (Å²) in [6, 6.07) is 0.901. The fraction of sp³-hybridized carbons (Fsp3) is 0.714. The van der Waals surface area contributed by atoms with Crippen molar-refractivity contribution in [2.24, 2.45) is 0 Å². The van der Waals surface area contributed by atoms with Crippen LogP contribution in [0.25, 0.3) is 0 Å². The Morgan fingerprint density at radius 3 is 2.70 bits per heavy atom. The zero-order valence-electron chi connectivity index (χ0n) is 13.4. The lowest BCUT2D eigenvalue weighted by molar-refractivity contribution is -0.153. The molecule has 0 saturated carbocycles. The number of rotatable bonds is 3. The second-order valence-electron chi connectivity index (χ2n) is 6.08. The molecular formula is C14H21F3N4O2. The van der Waals surface area contributed by atoms with E-state index in [0.29, 0.717) is 11.6 Å². The van der Waals surface area contributed by atoms with Crippen molar-refractivity contribution in [2.45, 2.75) is 38.9 Å². The van der Waals surface area contributed by atoms with Gasteiger partial charge in [-0.2, -0.15) is 13.2 Å². The van der Waals surface area contributed by atoms with Crippen molar-refractivity contribution >= 4 is 11.8 Å². The summed E-state index contributed by atoms with van der Waals surface area (Å²) < 4.78 is 42.5. The molecule has 1 saturated heterocycles. The van der Waals surface area contributed by atoms with Gasteiger partial charge >= 0.3 is 12.2 Å². The molecule has 1 aromatic heterocycles. The predicted octanol–water partition coefficient (Wildman–Crippen LogP) is 2.90. The highest BCUT2D eigenvalue weighted by molar-refractivity contribution is 5.88. The van der Waals surface area contributed by atoms with Gasteiger partial charge in [-0.3, -0.25) is 10.2 Å². The number of carbonyl (C=O) groups is 1. The van der Waals surface area contributed by atoms with Crippen molar-refractivity contribution in [1.29, 1.82) is 0 Å². The summed E-state index contributed by atoms with van der Waals surface area (Å²) in [6.45, 7) is 5.26.